The summed E-state index contributed by atoms with van der Waals surface area (Å²) in [5, 5.41) is 0. The molecule has 2 aliphatic heterocycles. The van der Waals surface area contributed by atoms with Crippen LogP contribution in [0.5, 0.6) is 0 Å². The number of nitrogens with two attached hydrogens (primary N) is 1. The second-order valence-electron chi connectivity index (χ2n) is 10.2. The van der Waals surface area contributed by atoms with Crippen molar-refractivity contribution in [3.63, 3.8) is 0 Å². The van der Waals surface area contributed by atoms with Crippen molar-refractivity contribution in [2.24, 2.45) is 0 Å². The van der Waals surface area contributed by atoms with Crippen LogP contribution < -0.4 is 11.4 Å². The molecule has 186 valence electrons. The highest BCUT2D eigenvalue weighted by molar-refractivity contribution is 6.84. The molecule has 0 aromatic carbocycles. The van der Waals surface area contributed by atoms with Gasteiger partial charge in [0.15, 0.2) is 6.23 Å². The summed E-state index contributed by atoms with van der Waals surface area (Å²) in [5.41, 5.74) is 5.78. The fraction of sp³-hybridized carbons (Fsp3) is 0.727. The summed E-state index contributed by atoms with van der Waals surface area (Å²) >= 11 is 0. The Morgan fingerprint density at radius 1 is 1.09 bits per heavy atom. The van der Waals surface area contributed by atoms with Crippen molar-refractivity contribution in [2.45, 2.75) is 96.0 Å². The Morgan fingerprint density at radius 3 is 2.15 bits per heavy atom. The Balaban J connectivity index is 2.13. The molecule has 0 amide bonds. The van der Waals surface area contributed by atoms with Crippen LogP contribution in [0.15, 0.2) is 29.0 Å². The van der Waals surface area contributed by atoms with Gasteiger partial charge in [-0.1, -0.05) is 55.4 Å². The zero-order valence-electron chi connectivity index (χ0n) is 20.9. The van der Waals surface area contributed by atoms with E-state index in [1.165, 1.54) is 16.8 Å². The molecule has 3 atom stereocenters. The lowest BCUT2D eigenvalue weighted by molar-refractivity contribution is -0.0561. The molecule has 8 nitrogen and oxygen atoms in total. The zero-order valence-corrected chi connectivity index (χ0v) is 22.9. The van der Waals surface area contributed by atoms with Gasteiger partial charge in [0.05, 0.1) is 12.9 Å². The van der Waals surface area contributed by atoms with Crippen molar-refractivity contribution < 1.29 is 22.1 Å². The molecular formula is C22H38FN3O5Si2. The summed E-state index contributed by atoms with van der Waals surface area (Å²) in [4.78, 5) is 16.3. The van der Waals surface area contributed by atoms with E-state index in [4.69, 9.17) is 23.4 Å². The minimum absolute atomic E-state index is 0.0880. The molecule has 33 heavy (non-hydrogen) atoms. The first-order chi connectivity index (χ1) is 15.4. The molecule has 0 bridgehead atoms. The fourth-order valence-electron chi connectivity index (χ4n) is 5.01. The van der Waals surface area contributed by atoms with E-state index in [2.05, 4.69) is 60.4 Å². The molecule has 0 aliphatic carbocycles. The van der Waals surface area contributed by atoms with Crippen LogP contribution in [0.4, 0.5) is 10.2 Å². The van der Waals surface area contributed by atoms with Crippen molar-refractivity contribution in [1.29, 1.82) is 0 Å². The van der Waals surface area contributed by atoms with Gasteiger partial charge in [0.1, 0.15) is 18.0 Å². The van der Waals surface area contributed by atoms with Crippen LogP contribution in [0.1, 0.15) is 61.6 Å². The number of nitrogens with zero attached hydrogens (tertiary/aromatic N) is 2. The van der Waals surface area contributed by atoms with Crippen LogP contribution in [-0.4, -0.2) is 45.5 Å². The third kappa shape index (κ3) is 4.51. The Labute approximate surface area is 197 Å². The van der Waals surface area contributed by atoms with E-state index in [-0.39, 0.29) is 40.2 Å². The number of aromatic nitrogens is 2. The molecule has 0 radical (unpaired) electrons. The van der Waals surface area contributed by atoms with E-state index in [0.717, 1.165) is 0 Å². The third-order valence-electron chi connectivity index (χ3n) is 6.81. The molecule has 11 heteroatoms. The first kappa shape index (κ1) is 26.2. The van der Waals surface area contributed by atoms with Crippen molar-refractivity contribution in [1.82, 2.24) is 9.55 Å². The Bertz CT molecular complexity index is 921. The van der Waals surface area contributed by atoms with Crippen LogP contribution in [0, 0.1) is 0 Å². The molecule has 2 aliphatic rings. The van der Waals surface area contributed by atoms with Gasteiger partial charge < -0.3 is 23.4 Å². The first-order valence-corrected chi connectivity index (χ1v) is 15.7. The van der Waals surface area contributed by atoms with Gasteiger partial charge in [0.25, 0.3) is 0 Å². The highest BCUT2D eigenvalue weighted by atomic mass is 28.5. The number of rotatable bonds is 5. The quantitative estimate of drug-likeness (QED) is 0.594. The Hall–Kier alpha value is -1.38. The maximum Gasteiger partial charge on any atom is 0.351 e. The van der Waals surface area contributed by atoms with Crippen LogP contribution in [0.3, 0.4) is 0 Å². The molecule has 1 aromatic rings. The molecule has 1 aromatic heterocycles. The zero-order chi connectivity index (χ0) is 24.7. The average molecular weight is 500 g/mol. The third-order valence-corrected chi connectivity index (χ3v) is 17.0. The molecule has 0 unspecified atom stereocenters. The monoisotopic (exact) mass is 499 g/mol. The molecule has 0 saturated carbocycles. The SMILES string of the molecule is CC(C)[Si]1(C(C)C)OC[C@H]2O[C@H](n3ccc(N)nc3=O)C(=CF)[C@@H]2O[Si](C(C)C)(C(C)C)O1. The fourth-order valence-corrected chi connectivity index (χ4v) is 16.2. The topological polar surface area (TPSA) is 97.8 Å². The molecule has 3 heterocycles. The van der Waals surface area contributed by atoms with Gasteiger partial charge in [-0.15, -0.1) is 0 Å². The summed E-state index contributed by atoms with van der Waals surface area (Å²) in [7, 11) is -5.70. The van der Waals surface area contributed by atoms with Crippen LogP contribution in [0.2, 0.25) is 22.2 Å². The van der Waals surface area contributed by atoms with E-state index in [1.54, 1.807) is 0 Å². The van der Waals surface area contributed by atoms with Crippen LogP contribution in [-0.2, 0) is 17.7 Å². The summed E-state index contributed by atoms with van der Waals surface area (Å²) in [6.45, 7) is 17.1. The number of anilines is 1. The predicted octanol–water partition coefficient (Wildman–Crippen LogP) is 4.53. The lowest BCUT2D eigenvalue weighted by Crippen LogP contribution is -2.65. The Morgan fingerprint density at radius 2 is 1.67 bits per heavy atom. The number of hydrogen-bond acceptors (Lipinski definition) is 7. The lowest BCUT2D eigenvalue weighted by Gasteiger charge is -2.51. The largest absolute Gasteiger partial charge is 0.414 e. The predicted molar refractivity (Wildman–Crippen MR) is 130 cm³/mol. The smallest absolute Gasteiger partial charge is 0.351 e. The number of nitrogen functional groups attached to an aromatic ring is 1. The lowest BCUT2D eigenvalue weighted by atomic mass is 10.1. The van der Waals surface area contributed by atoms with Crippen molar-refractivity contribution in [3.8, 4) is 0 Å². The number of hydrogen-bond donors (Lipinski definition) is 1. The van der Waals surface area contributed by atoms with Gasteiger partial charge in [-0.25, -0.2) is 9.18 Å². The maximum absolute atomic E-state index is 14.4. The molecule has 2 N–H and O–H groups in total. The normalized spacial score (nSPS) is 28.5. The average Bonchev–Trinajstić information content (AvgIpc) is 3.03. The number of ether oxygens (including phenoxy) is 1. The van der Waals surface area contributed by atoms with E-state index in [9.17, 15) is 9.18 Å². The van der Waals surface area contributed by atoms with E-state index in [0.29, 0.717) is 6.33 Å². The van der Waals surface area contributed by atoms with Crippen molar-refractivity contribution in [3.05, 3.63) is 34.7 Å². The second kappa shape index (κ2) is 9.70. The summed E-state index contributed by atoms with van der Waals surface area (Å²) in [5.74, 6) is 0.0923. The van der Waals surface area contributed by atoms with Gasteiger partial charge >= 0.3 is 22.8 Å². The summed E-state index contributed by atoms with van der Waals surface area (Å²) < 4.78 is 42.5. The van der Waals surface area contributed by atoms with Gasteiger partial charge in [-0.3, -0.25) is 4.57 Å². The number of halogens is 1. The van der Waals surface area contributed by atoms with Crippen LogP contribution >= 0.6 is 0 Å². The summed E-state index contributed by atoms with van der Waals surface area (Å²) in [6.07, 6.45) is -0.361. The Kier molecular flexibility index (Phi) is 7.71. The minimum Gasteiger partial charge on any atom is -0.414 e. The molecule has 0 spiro atoms. The van der Waals surface area contributed by atoms with Gasteiger partial charge in [0.2, 0.25) is 0 Å². The van der Waals surface area contributed by atoms with E-state index < -0.39 is 41.2 Å². The molecule has 2 fully saturated rings. The van der Waals surface area contributed by atoms with Gasteiger partial charge in [-0.05, 0) is 28.2 Å². The van der Waals surface area contributed by atoms with Crippen molar-refractivity contribution in [2.75, 3.05) is 12.3 Å². The highest BCUT2D eigenvalue weighted by Gasteiger charge is 2.61. The van der Waals surface area contributed by atoms with Gasteiger partial charge in [-0.2, -0.15) is 4.98 Å². The first-order valence-electron chi connectivity index (χ1n) is 11.7. The molecular weight excluding hydrogens is 461 g/mol. The van der Waals surface area contributed by atoms with E-state index in [1.807, 2.05) is 0 Å². The summed E-state index contributed by atoms with van der Waals surface area (Å²) in [6, 6.07) is 1.48. The molecule has 3 rings (SSSR count). The standard InChI is InChI=1S/C22H38FN3O5Si2/c1-13(2)32(14(3)4)28-12-18-20(30-33(31-32,15(5)6)16(7)8)17(11-23)21(29-18)26-10-9-19(24)25-22(26)27/h9-11,13-16,18,20-21H,12H2,1-8H3,(H2,24,25,27)/t18-,20+,21+/m1/s1. The van der Waals surface area contributed by atoms with Gasteiger partial charge in [0, 0.05) is 11.8 Å². The van der Waals surface area contributed by atoms with Crippen LogP contribution in [0.25, 0.3) is 0 Å². The maximum atomic E-state index is 14.4. The highest BCUT2D eigenvalue weighted by Crippen LogP contribution is 2.49. The number of fused-ring (bicyclic) bond motifs is 1. The van der Waals surface area contributed by atoms with E-state index >= 15 is 0 Å². The van der Waals surface area contributed by atoms with Crippen molar-refractivity contribution >= 4 is 22.9 Å². The second-order valence-corrected chi connectivity index (χ2v) is 19.0. The minimum atomic E-state index is -2.95. The molecule has 2 saturated heterocycles.